The highest BCUT2D eigenvalue weighted by atomic mass is 35.5. The number of carbonyl (C=O) groups is 2. The van der Waals surface area contributed by atoms with Crippen LogP contribution in [0.4, 0.5) is 5.69 Å². The van der Waals surface area contributed by atoms with Gasteiger partial charge in [0.25, 0.3) is 0 Å². The summed E-state index contributed by atoms with van der Waals surface area (Å²) in [7, 11) is 0. The van der Waals surface area contributed by atoms with Crippen molar-refractivity contribution in [1.82, 2.24) is 15.2 Å². The Balaban J connectivity index is 1.21. The molecule has 0 aliphatic carbocycles. The maximum Gasteiger partial charge on any atom is 0.230 e. The second kappa shape index (κ2) is 12.9. The molecular weight excluding hydrogens is 539 g/mol. The third kappa shape index (κ3) is 7.93. The molecular formula is C25H26Cl2N4O3S2. The Kier molecular flexibility index (Phi) is 9.64. The van der Waals surface area contributed by atoms with E-state index < -0.39 is 0 Å². The summed E-state index contributed by atoms with van der Waals surface area (Å²) in [5, 5.41) is 8.80. The van der Waals surface area contributed by atoms with E-state index in [1.54, 1.807) is 0 Å². The van der Waals surface area contributed by atoms with Gasteiger partial charge in [-0.25, -0.2) is 4.98 Å². The second-order valence-electron chi connectivity index (χ2n) is 8.33. The number of morpholine rings is 1. The van der Waals surface area contributed by atoms with Gasteiger partial charge in [0.05, 0.1) is 34.2 Å². The van der Waals surface area contributed by atoms with E-state index in [2.05, 4.69) is 20.5 Å². The summed E-state index contributed by atoms with van der Waals surface area (Å²) >= 11 is 15.0. The molecule has 7 nitrogen and oxygen atoms in total. The van der Waals surface area contributed by atoms with Crippen molar-refractivity contribution in [1.29, 1.82) is 0 Å². The number of thiazole rings is 1. The molecule has 1 unspecified atom stereocenters. The molecule has 11 heteroatoms. The maximum absolute atomic E-state index is 12.4. The molecule has 0 spiro atoms. The number of hydrogen-bond acceptors (Lipinski definition) is 7. The van der Waals surface area contributed by atoms with Crippen molar-refractivity contribution in [2.45, 2.75) is 23.9 Å². The van der Waals surface area contributed by atoms with Crippen molar-refractivity contribution in [3.63, 3.8) is 0 Å². The molecule has 1 aromatic heterocycles. The standard InChI is InChI=1S/C25H26Cl2N4O3S2/c1-16(32)29-19-4-2-3-18(10-19)23-14-35-25(30-23)36-15-24(33)28-11-20-13-31(7-8-34-20)12-17-5-6-21(26)22(27)9-17/h2-6,9-10,14,20H,7-8,11-13,15H2,1H3,(H,28,33)(H,29,32). The lowest BCUT2D eigenvalue weighted by Gasteiger charge is -2.33. The number of aromatic nitrogens is 1. The first-order chi connectivity index (χ1) is 17.4. The van der Waals surface area contributed by atoms with Gasteiger partial charge in [-0.3, -0.25) is 14.5 Å². The molecule has 1 saturated heterocycles. The summed E-state index contributed by atoms with van der Waals surface area (Å²) in [5.74, 6) is 0.0959. The van der Waals surface area contributed by atoms with Crippen LogP contribution >= 0.6 is 46.3 Å². The van der Waals surface area contributed by atoms with Gasteiger partial charge in [-0.15, -0.1) is 11.3 Å². The average molecular weight is 566 g/mol. The van der Waals surface area contributed by atoms with Crippen molar-refractivity contribution >= 4 is 63.8 Å². The topological polar surface area (TPSA) is 83.6 Å². The van der Waals surface area contributed by atoms with Crippen LogP contribution in [0.1, 0.15) is 12.5 Å². The van der Waals surface area contributed by atoms with Gasteiger partial charge in [-0.05, 0) is 29.8 Å². The molecule has 0 radical (unpaired) electrons. The minimum Gasteiger partial charge on any atom is -0.374 e. The molecule has 2 N–H and O–H groups in total. The quantitative estimate of drug-likeness (QED) is 0.348. The van der Waals surface area contributed by atoms with Crippen molar-refractivity contribution in [2.24, 2.45) is 0 Å². The minimum atomic E-state index is -0.120. The zero-order valence-electron chi connectivity index (χ0n) is 19.6. The zero-order valence-corrected chi connectivity index (χ0v) is 22.8. The number of benzene rings is 2. The molecule has 1 aliphatic heterocycles. The fourth-order valence-electron chi connectivity index (χ4n) is 3.77. The van der Waals surface area contributed by atoms with Crippen LogP contribution in [0.15, 0.2) is 52.2 Å². The lowest BCUT2D eigenvalue weighted by molar-refractivity contribution is -0.119. The smallest absolute Gasteiger partial charge is 0.230 e. The summed E-state index contributed by atoms with van der Waals surface area (Å²) in [4.78, 5) is 30.6. The van der Waals surface area contributed by atoms with Gasteiger partial charge in [-0.2, -0.15) is 0 Å². The molecule has 1 fully saturated rings. The molecule has 1 aliphatic rings. The number of anilines is 1. The number of hydrogen-bond donors (Lipinski definition) is 2. The molecule has 2 amide bonds. The number of nitrogens with zero attached hydrogens (tertiary/aromatic N) is 2. The molecule has 190 valence electrons. The number of rotatable bonds is 9. The van der Waals surface area contributed by atoms with Crippen molar-refractivity contribution < 1.29 is 14.3 Å². The number of ether oxygens (including phenoxy) is 1. The van der Waals surface area contributed by atoms with Crippen molar-refractivity contribution in [3.8, 4) is 11.3 Å². The highest BCUT2D eigenvalue weighted by Crippen LogP contribution is 2.29. The summed E-state index contributed by atoms with van der Waals surface area (Å²) in [6, 6.07) is 13.2. The second-order valence-corrected chi connectivity index (χ2v) is 11.2. The van der Waals surface area contributed by atoms with Gasteiger partial charge in [0, 0.05) is 49.7 Å². The Morgan fingerprint density at radius 3 is 2.89 bits per heavy atom. The van der Waals surface area contributed by atoms with E-state index in [1.807, 2.05) is 47.8 Å². The number of halogens is 2. The van der Waals surface area contributed by atoms with E-state index in [9.17, 15) is 9.59 Å². The maximum atomic E-state index is 12.4. The molecule has 0 bridgehead atoms. The zero-order chi connectivity index (χ0) is 25.5. The largest absolute Gasteiger partial charge is 0.374 e. The van der Waals surface area contributed by atoms with Gasteiger partial charge < -0.3 is 15.4 Å². The van der Waals surface area contributed by atoms with Gasteiger partial charge in [0.15, 0.2) is 4.34 Å². The van der Waals surface area contributed by atoms with Crippen LogP contribution in [0.25, 0.3) is 11.3 Å². The average Bonchev–Trinajstić information content (AvgIpc) is 3.33. The van der Waals surface area contributed by atoms with Crippen LogP contribution in [-0.2, 0) is 20.9 Å². The fraction of sp³-hybridized carbons (Fsp3) is 0.320. The first kappa shape index (κ1) is 26.9. The predicted octanol–water partition coefficient (Wildman–Crippen LogP) is 5.18. The van der Waals surface area contributed by atoms with E-state index in [0.717, 1.165) is 46.5 Å². The highest BCUT2D eigenvalue weighted by molar-refractivity contribution is 8.01. The highest BCUT2D eigenvalue weighted by Gasteiger charge is 2.21. The predicted molar refractivity (Wildman–Crippen MR) is 147 cm³/mol. The summed E-state index contributed by atoms with van der Waals surface area (Å²) in [6.07, 6.45) is -0.0715. The molecule has 0 saturated carbocycles. The van der Waals surface area contributed by atoms with Crippen LogP contribution in [0.5, 0.6) is 0 Å². The normalized spacial score (nSPS) is 16.0. The summed E-state index contributed by atoms with van der Waals surface area (Å²) in [6.45, 7) is 4.84. The molecule has 3 aromatic rings. The van der Waals surface area contributed by atoms with Crippen LogP contribution < -0.4 is 10.6 Å². The van der Waals surface area contributed by atoms with Gasteiger partial charge in [0.1, 0.15) is 0 Å². The van der Waals surface area contributed by atoms with Crippen LogP contribution in [0, 0.1) is 0 Å². The molecule has 1 atom stereocenters. The third-order valence-electron chi connectivity index (χ3n) is 5.43. The van der Waals surface area contributed by atoms with Gasteiger partial charge in [0.2, 0.25) is 11.8 Å². The number of nitrogens with one attached hydrogen (secondary N) is 2. The third-order valence-corrected chi connectivity index (χ3v) is 8.19. The summed E-state index contributed by atoms with van der Waals surface area (Å²) in [5.41, 5.74) is 3.54. The Morgan fingerprint density at radius 1 is 1.22 bits per heavy atom. The first-order valence-electron chi connectivity index (χ1n) is 11.4. The van der Waals surface area contributed by atoms with Crippen LogP contribution in [0.3, 0.4) is 0 Å². The minimum absolute atomic E-state index is 0.0605. The number of thioether (sulfide) groups is 1. The molecule has 4 rings (SSSR count). The number of amides is 2. The Bertz CT molecular complexity index is 1220. The molecule has 2 heterocycles. The lowest BCUT2D eigenvalue weighted by Crippen LogP contribution is -2.47. The SMILES string of the molecule is CC(=O)Nc1cccc(-c2csc(SCC(=O)NCC3CN(Cc4ccc(Cl)c(Cl)c4)CCO3)n2)c1. The van der Waals surface area contributed by atoms with E-state index in [1.165, 1.54) is 30.0 Å². The Labute approximate surface area is 228 Å². The van der Waals surface area contributed by atoms with E-state index in [0.29, 0.717) is 23.2 Å². The molecule has 2 aromatic carbocycles. The first-order valence-corrected chi connectivity index (χ1v) is 14.0. The van der Waals surface area contributed by atoms with Gasteiger partial charge >= 0.3 is 0 Å². The summed E-state index contributed by atoms with van der Waals surface area (Å²) < 4.78 is 6.65. The van der Waals surface area contributed by atoms with Crippen molar-refractivity contribution in [3.05, 3.63) is 63.5 Å². The van der Waals surface area contributed by atoms with E-state index in [-0.39, 0.29) is 23.7 Å². The van der Waals surface area contributed by atoms with E-state index >= 15 is 0 Å². The van der Waals surface area contributed by atoms with E-state index in [4.69, 9.17) is 27.9 Å². The lowest BCUT2D eigenvalue weighted by atomic mass is 10.1. The van der Waals surface area contributed by atoms with Crippen molar-refractivity contribution in [2.75, 3.05) is 37.3 Å². The molecule has 36 heavy (non-hydrogen) atoms. The van der Waals surface area contributed by atoms with Crippen LogP contribution in [0.2, 0.25) is 10.0 Å². The number of carbonyl (C=O) groups excluding carboxylic acids is 2. The fourth-order valence-corrected chi connectivity index (χ4v) is 5.75. The Morgan fingerprint density at radius 2 is 2.08 bits per heavy atom. The monoisotopic (exact) mass is 564 g/mol. The Hall–Kier alpha value is -2.14. The van der Waals surface area contributed by atoms with Crippen LogP contribution in [-0.4, -0.2) is 59.8 Å². The van der Waals surface area contributed by atoms with Gasteiger partial charge in [-0.1, -0.05) is 53.2 Å².